The Morgan fingerprint density at radius 2 is 0.944 bits per heavy atom. The molecule has 2 aromatic carbocycles. The predicted molar refractivity (Wildman–Crippen MR) is 149 cm³/mol. The molecule has 2 aliphatic heterocycles. The third kappa shape index (κ3) is 7.90. The monoisotopic (exact) mass is 490 g/mol. The zero-order chi connectivity index (χ0) is 25.0. The number of rotatable bonds is 11. The Bertz CT molecular complexity index is 892. The Labute approximate surface area is 217 Å². The van der Waals surface area contributed by atoms with Crippen LogP contribution >= 0.6 is 0 Å². The zero-order valence-corrected chi connectivity index (χ0v) is 22.1. The van der Waals surface area contributed by atoms with E-state index in [2.05, 4.69) is 34.1 Å². The lowest BCUT2D eigenvalue weighted by molar-refractivity contribution is 0.235. The van der Waals surface area contributed by atoms with Gasteiger partial charge in [0.05, 0.1) is 25.6 Å². The van der Waals surface area contributed by atoms with Gasteiger partial charge in [0.1, 0.15) is 11.5 Å². The molecule has 0 spiro atoms. The van der Waals surface area contributed by atoms with Gasteiger partial charge in [0, 0.05) is 25.9 Å². The van der Waals surface area contributed by atoms with Crippen molar-refractivity contribution in [2.75, 3.05) is 53.5 Å². The zero-order valence-electron chi connectivity index (χ0n) is 22.1. The van der Waals surface area contributed by atoms with Crippen molar-refractivity contribution in [3.8, 4) is 11.5 Å². The molecule has 2 aromatic rings. The van der Waals surface area contributed by atoms with Crippen molar-refractivity contribution >= 4 is 11.4 Å². The highest BCUT2D eigenvalue weighted by molar-refractivity contribution is 6.03. The topological polar surface area (TPSA) is 49.7 Å². The van der Waals surface area contributed by atoms with Crippen LogP contribution in [0.25, 0.3) is 0 Å². The third-order valence-corrected chi connectivity index (χ3v) is 7.36. The number of methoxy groups -OCH3 is 2. The summed E-state index contributed by atoms with van der Waals surface area (Å²) in [6.45, 7) is 6.79. The molecule has 4 rings (SSSR count). The Hall–Kier alpha value is -2.70. The molecule has 2 heterocycles. The summed E-state index contributed by atoms with van der Waals surface area (Å²) in [5.41, 5.74) is 4.29. The minimum atomic E-state index is 0.859. The van der Waals surface area contributed by atoms with Crippen molar-refractivity contribution in [3.05, 3.63) is 59.7 Å². The quantitative estimate of drug-likeness (QED) is 0.302. The molecule has 0 aromatic heterocycles. The first kappa shape index (κ1) is 26.4. The minimum Gasteiger partial charge on any atom is -0.497 e. The van der Waals surface area contributed by atoms with E-state index >= 15 is 0 Å². The van der Waals surface area contributed by atoms with Crippen LogP contribution in [0.5, 0.6) is 11.5 Å². The van der Waals surface area contributed by atoms with Crippen molar-refractivity contribution in [3.63, 3.8) is 0 Å². The SMILES string of the molecule is COc1ccc(/C(CCN2CCCCC2)=N\N=C(/CCN2CCCCC2)c2ccc(OC)cc2)cc1. The van der Waals surface area contributed by atoms with Crippen molar-refractivity contribution in [2.45, 2.75) is 51.4 Å². The summed E-state index contributed by atoms with van der Waals surface area (Å²) in [5, 5.41) is 9.81. The van der Waals surface area contributed by atoms with E-state index in [1.165, 1.54) is 64.7 Å². The lowest BCUT2D eigenvalue weighted by Crippen LogP contribution is -2.32. The Morgan fingerprint density at radius 3 is 1.28 bits per heavy atom. The molecule has 0 unspecified atom stereocenters. The Kier molecular flexibility index (Phi) is 10.4. The van der Waals surface area contributed by atoms with Gasteiger partial charge < -0.3 is 19.3 Å². The van der Waals surface area contributed by atoms with E-state index in [0.717, 1.165) is 60.0 Å². The summed E-state index contributed by atoms with van der Waals surface area (Å²) in [7, 11) is 3.41. The third-order valence-electron chi connectivity index (χ3n) is 7.36. The van der Waals surface area contributed by atoms with Crippen LogP contribution < -0.4 is 9.47 Å². The first-order valence-corrected chi connectivity index (χ1v) is 13.6. The summed E-state index contributed by atoms with van der Waals surface area (Å²) in [6.07, 6.45) is 9.66. The highest BCUT2D eigenvalue weighted by Crippen LogP contribution is 2.18. The maximum atomic E-state index is 5.38. The smallest absolute Gasteiger partial charge is 0.118 e. The van der Waals surface area contributed by atoms with Crippen LogP contribution in [-0.2, 0) is 0 Å². The van der Waals surface area contributed by atoms with Gasteiger partial charge in [-0.25, -0.2) is 0 Å². The molecule has 0 saturated carbocycles. The van der Waals surface area contributed by atoms with Crippen LogP contribution in [0.1, 0.15) is 62.5 Å². The first-order chi connectivity index (χ1) is 17.7. The van der Waals surface area contributed by atoms with Crippen LogP contribution in [0, 0.1) is 0 Å². The fourth-order valence-corrected chi connectivity index (χ4v) is 5.09. The normalized spacial score (nSPS) is 18.3. The Balaban J connectivity index is 1.58. The minimum absolute atomic E-state index is 0.859. The van der Waals surface area contributed by atoms with E-state index in [1.807, 2.05) is 24.3 Å². The molecule has 36 heavy (non-hydrogen) atoms. The summed E-state index contributed by atoms with van der Waals surface area (Å²) in [5.74, 6) is 1.72. The van der Waals surface area contributed by atoms with E-state index in [-0.39, 0.29) is 0 Å². The number of piperidine rings is 2. The molecule has 6 heteroatoms. The van der Waals surface area contributed by atoms with Gasteiger partial charge in [-0.05, 0) is 112 Å². The standard InChI is InChI=1S/C30H42N4O2/c1-35-27-13-9-25(10-14-27)29(17-23-33-19-5-3-6-20-33)31-32-30(18-24-34-21-7-4-8-22-34)26-11-15-28(36-2)16-12-26/h9-16H,3-8,17-24H2,1-2H3/b31-29-,32-30+. The predicted octanol–water partition coefficient (Wildman–Crippen LogP) is 5.65. The molecule has 2 aliphatic rings. The van der Waals surface area contributed by atoms with Gasteiger partial charge in [0.25, 0.3) is 0 Å². The molecule has 0 aliphatic carbocycles. The summed E-state index contributed by atoms with van der Waals surface area (Å²) in [4.78, 5) is 5.12. The maximum Gasteiger partial charge on any atom is 0.118 e. The van der Waals surface area contributed by atoms with Gasteiger partial charge in [-0.3, -0.25) is 0 Å². The summed E-state index contributed by atoms with van der Waals surface area (Å²) in [6, 6.07) is 16.4. The highest BCUT2D eigenvalue weighted by Gasteiger charge is 2.15. The number of benzene rings is 2. The molecule has 2 saturated heterocycles. The van der Waals surface area contributed by atoms with E-state index in [4.69, 9.17) is 19.7 Å². The van der Waals surface area contributed by atoms with Gasteiger partial charge in [-0.15, -0.1) is 0 Å². The number of ether oxygens (including phenoxy) is 2. The van der Waals surface area contributed by atoms with Gasteiger partial charge in [0.2, 0.25) is 0 Å². The molecular formula is C30H42N4O2. The van der Waals surface area contributed by atoms with Crippen molar-refractivity contribution in [1.82, 2.24) is 9.80 Å². The second kappa shape index (κ2) is 14.1. The molecule has 2 fully saturated rings. The number of hydrogen-bond acceptors (Lipinski definition) is 6. The highest BCUT2D eigenvalue weighted by atomic mass is 16.5. The van der Waals surface area contributed by atoms with Crippen LogP contribution in [0.3, 0.4) is 0 Å². The van der Waals surface area contributed by atoms with Crippen LogP contribution in [0.2, 0.25) is 0 Å². The van der Waals surface area contributed by atoms with Crippen molar-refractivity contribution < 1.29 is 9.47 Å². The van der Waals surface area contributed by atoms with Crippen molar-refractivity contribution in [1.29, 1.82) is 0 Å². The lowest BCUT2D eigenvalue weighted by atomic mass is 10.1. The first-order valence-electron chi connectivity index (χ1n) is 13.6. The summed E-state index contributed by atoms with van der Waals surface area (Å²) < 4.78 is 10.8. The van der Waals surface area contributed by atoms with Gasteiger partial charge in [-0.1, -0.05) is 12.8 Å². The van der Waals surface area contributed by atoms with Crippen LogP contribution in [-0.4, -0.2) is 74.7 Å². The fraction of sp³-hybridized carbons (Fsp3) is 0.533. The molecule has 0 bridgehead atoms. The number of hydrogen-bond donors (Lipinski definition) is 0. The average molecular weight is 491 g/mol. The molecule has 0 amide bonds. The van der Waals surface area contributed by atoms with Gasteiger partial charge >= 0.3 is 0 Å². The average Bonchev–Trinajstić information content (AvgIpc) is 2.96. The Morgan fingerprint density at radius 1 is 0.583 bits per heavy atom. The number of likely N-dealkylation sites (tertiary alicyclic amines) is 2. The number of nitrogens with zero attached hydrogens (tertiary/aromatic N) is 4. The maximum absolute atomic E-state index is 5.38. The van der Waals surface area contributed by atoms with Gasteiger partial charge in [0.15, 0.2) is 0 Å². The lowest BCUT2D eigenvalue weighted by Gasteiger charge is -2.26. The second-order valence-corrected chi connectivity index (χ2v) is 9.85. The molecule has 0 N–H and O–H groups in total. The van der Waals surface area contributed by atoms with E-state index in [9.17, 15) is 0 Å². The molecule has 194 valence electrons. The molecular weight excluding hydrogens is 448 g/mol. The van der Waals surface area contributed by atoms with E-state index in [1.54, 1.807) is 14.2 Å². The fourth-order valence-electron chi connectivity index (χ4n) is 5.09. The van der Waals surface area contributed by atoms with Crippen molar-refractivity contribution in [2.24, 2.45) is 10.2 Å². The second-order valence-electron chi connectivity index (χ2n) is 9.85. The largest absolute Gasteiger partial charge is 0.497 e. The van der Waals surface area contributed by atoms with E-state index < -0.39 is 0 Å². The van der Waals surface area contributed by atoms with E-state index in [0.29, 0.717) is 0 Å². The van der Waals surface area contributed by atoms with Gasteiger partial charge in [-0.2, -0.15) is 10.2 Å². The molecule has 6 nitrogen and oxygen atoms in total. The molecule has 0 radical (unpaired) electrons. The molecule has 0 atom stereocenters. The van der Waals surface area contributed by atoms with Crippen LogP contribution in [0.15, 0.2) is 58.7 Å². The summed E-state index contributed by atoms with van der Waals surface area (Å²) >= 11 is 0. The van der Waals surface area contributed by atoms with Crippen LogP contribution in [0.4, 0.5) is 0 Å².